The van der Waals surface area contributed by atoms with Gasteiger partial charge in [0.1, 0.15) is 17.5 Å². The molecule has 3 rings (SSSR count). The number of ether oxygens (including phenoxy) is 2. The molecule has 2 heterocycles. The lowest BCUT2D eigenvalue weighted by atomic mass is 10.0. The van der Waals surface area contributed by atoms with Crippen molar-refractivity contribution < 1.29 is 9.47 Å². The van der Waals surface area contributed by atoms with E-state index in [1.54, 1.807) is 24.1 Å². The molecule has 1 saturated heterocycles. The first kappa shape index (κ1) is 14.4. The van der Waals surface area contributed by atoms with Crippen LogP contribution in [-0.4, -0.2) is 30.1 Å². The lowest BCUT2D eigenvalue weighted by molar-refractivity contribution is 0.0660. The maximum Gasteiger partial charge on any atom is 0.149 e. The van der Waals surface area contributed by atoms with Crippen LogP contribution in [0.15, 0.2) is 24.4 Å². The molecule has 1 fully saturated rings. The Kier molecular flexibility index (Phi) is 3.98. The predicted molar refractivity (Wildman–Crippen MR) is 82.4 cm³/mol. The molecule has 0 amide bonds. The molecule has 114 valence electrons. The van der Waals surface area contributed by atoms with Gasteiger partial charge in [0.2, 0.25) is 0 Å². The molecular weight excluding hydrogens is 280 g/mol. The maximum absolute atomic E-state index is 9.60. The van der Waals surface area contributed by atoms with Crippen molar-refractivity contribution in [2.45, 2.75) is 18.9 Å². The SMILES string of the molecule is COc1c(N)cccc1-c1cnn(C2CCOCC2)c1C#N. The fourth-order valence-corrected chi connectivity index (χ4v) is 2.87. The van der Waals surface area contributed by atoms with Gasteiger partial charge in [-0.05, 0) is 18.9 Å². The highest BCUT2D eigenvalue weighted by molar-refractivity contribution is 5.79. The average molecular weight is 298 g/mol. The first-order valence-corrected chi connectivity index (χ1v) is 7.24. The monoisotopic (exact) mass is 298 g/mol. The summed E-state index contributed by atoms with van der Waals surface area (Å²) in [6.07, 6.45) is 3.44. The number of nitriles is 1. The van der Waals surface area contributed by atoms with Gasteiger partial charge in [0.05, 0.1) is 25.0 Å². The summed E-state index contributed by atoms with van der Waals surface area (Å²) in [6.45, 7) is 1.40. The van der Waals surface area contributed by atoms with Crippen molar-refractivity contribution in [1.29, 1.82) is 5.26 Å². The maximum atomic E-state index is 9.60. The molecule has 22 heavy (non-hydrogen) atoms. The normalized spacial score (nSPS) is 15.5. The van der Waals surface area contributed by atoms with E-state index in [1.165, 1.54) is 0 Å². The van der Waals surface area contributed by atoms with Gasteiger partial charge in [-0.1, -0.05) is 12.1 Å². The number of para-hydroxylation sites is 1. The van der Waals surface area contributed by atoms with Crippen LogP contribution in [0, 0.1) is 11.3 Å². The Morgan fingerprint density at radius 3 is 2.82 bits per heavy atom. The Morgan fingerprint density at radius 1 is 1.36 bits per heavy atom. The molecule has 0 atom stereocenters. The molecule has 1 aromatic heterocycles. The van der Waals surface area contributed by atoms with E-state index in [0.717, 1.165) is 24.0 Å². The van der Waals surface area contributed by atoms with Crippen molar-refractivity contribution >= 4 is 5.69 Å². The third-order valence-corrected chi connectivity index (χ3v) is 3.98. The van der Waals surface area contributed by atoms with Gasteiger partial charge in [0.15, 0.2) is 0 Å². The van der Waals surface area contributed by atoms with E-state index in [-0.39, 0.29) is 6.04 Å². The topological polar surface area (TPSA) is 86.1 Å². The van der Waals surface area contributed by atoms with Gasteiger partial charge in [-0.3, -0.25) is 4.68 Å². The number of nitrogens with zero attached hydrogens (tertiary/aromatic N) is 3. The van der Waals surface area contributed by atoms with Crippen molar-refractivity contribution in [2.24, 2.45) is 0 Å². The highest BCUT2D eigenvalue weighted by atomic mass is 16.5. The van der Waals surface area contributed by atoms with Crippen molar-refractivity contribution in [3.05, 3.63) is 30.1 Å². The second-order valence-corrected chi connectivity index (χ2v) is 5.23. The highest BCUT2D eigenvalue weighted by Gasteiger charge is 2.23. The van der Waals surface area contributed by atoms with Gasteiger partial charge in [-0.25, -0.2) is 0 Å². The number of anilines is 1. The van der Waals surface area contributed by atoms with Gasteiger partial charge in [-0.15, -0.1) is 0 Å². The van der Waals surface area contributed by atoms with Crippen molar-refractivity contribution in [2.75, 3.05) is 26.1 Å². The number of hydrogen-bond acceptors (Lipinski definition) is 5. The molecule has 0 spiro atoms. The summed E-state index contributed by atoms with van der Waals surface area (Å²) < 4.78 is 12.6. The summed E-state index contributed by atoms with van der Waals surface area (Å²) in [6, 6.07) is 7.99. The quantitative estimate of drug-likeness (QED) is 0.879. The van der Waals surface area contributed by atoms with Gasteiger partial charge in [0.25, 0.3) is 0 Å². The second-order valence-electron chi connectivity index (χ2n) is 5.23. The number of nitrogen functional groups attached to an aromatic ring is 1. The van der Waals surface area contributed by atoms with Gasteiger partial charge in [-0.2, -0.15) is 10.4 Å². The van der Waals surface area contributed by atoms with Crippen LogP contribution in [-0.2, 0) is 4.74 Å². The van der Waals surface area contributed by atoms with Crippen molar-refractivity contribution in [1.82, 2.24) is 9.78 Å². The Hall–Kier alpha value is -2.52. The molecule has 6 heteroatoms. The minimum atomic E-state index is 0.198. The summed E-state index contributed by atoms with van der Waals surface area (Å²) in [5, 5.41) is 14.0. The molecule has 1 aromatic carbocycles. The number of methoxy groups -OCH3 is 1. The predicted octanol–water partition coefficient (Wildman–Crippen LogP) is 2.36. The van der Waals surface area contributed by atoms with Crippen molar-refractivity contribution in [3.63, 3.8) is 0 Å². The van der Waals surface area contributed by atoms with Crippen LogP contribution in [0.5, 0.6) is 5.75 Å². The smallest absolute Gasteiger partial charge is 0.149 e. The van der Waals surface area contributed by atoms with Crippen LogP contribution in [0.25, 0.3) is 11.1 Å². The zero-order chi connectivity index (χ0) is 15.5. The summed E-state index contributed by atoms with van der Waals surface area (Å²) in [4.78, 5) is 0. The zero-order valence-corrected chi connectivity index (χ0v) is 12.5. The second kappa shape index (κ2) is 6.08. The van der Waals surface area contributed by atoms with E-state index in [4.69, 9.17) is 15.2 Å². The largest absolute Gasteiger partial charge is 0.494 e. The summed E-state index contributed by atoms with van der Waals surface area (Å²) in [5.74, 6) is 0.575. The van der Waals surface area contributed by atoms with Crippen LogP contribution in [0.4, 0.5) is 5.69 Å². The molecule has 2 N–H and O–H groups in total. The molecule has 0 bridgehead atoms. The fraction of sp³-hybridized carbons (Fsp3) is 0.375. The molecule has 0 unspecified atom stereocenters. The first-order valence-electron chi connectivity index (χ1n) is 7.24. The summed E-state index contributed by atoms with van der Waals surface area (Å²) in [7, 11) is 1.57. The number of benzene rings is 1. The molecule has 0 saturated carbocycles. The Morgan fingerprint density at radius 2 is 2.14 bits per heavy atom. The van der Waals surface area contributed by atoms with Crippen LogP contribution < -0.4 is 10.5 Å². The average Bonchev–Trinajstić information content (AvgIpc) is 2.99. The van der Waals surface area contributed by atoms with Gasteiger partial charge >= 0.3 is 0 Å². The lowest BCUT2D eigenvalue weighted by Crippen LogP contribution is -2.21. The van der Waals surface area contributed by atoms with E-state index in [9.17, 15) is 5.26 Å². The first-order chi connectivity index (χ1) is 10.8. The van der Waals surface area contributed by atoms with Crippen LogP contribution in [0.1, 0.15) is 24.6 Å². The number of rotatable bonds is 3. The molecule has 1 aliphatic heterocycles. The van der Waals surface area contributed by atoms with E-state index < -0.39 is 0 Å². The minimum absolute atomic E-state index is 0.198. The van der Waals surface area contributed by atoms with Crippen LogP contribution in [0.2, 0.25) is 0 Å². The van der Waals surface area contributed by atoms with Gasteiger partial charge < -0.3 is 15.2 Å². The van der Waals surface area contributed by atoms with E-state index in [2.05, 4.69) is 11.2 Å². The van der Waals surface area contributed by atoms with Crippen LogP contribution in [0.3, 0.4) is 0 Å². The lowest BCUT2D eigenvalue weighted by Gasteiger charge is -2.23. The molecular formula is C16H18N4O2. The number of nitrogens with two attached hydrogens (primary N) is 1. The minimum Gasteiger partial charge on any atom is -0.494 e. The summed E-state index contributed by atoms with van der Waals surface area (Å²) >= 11 is 0. The zero-order valence-electron chi connectivity index (χ0n) is 12.5. The Bertz CT molecular complexity index is 711. The molecule has 1 aliphatic rings. The molecule has 6 nitrogen and oxygen atoms in total. The molecule has 0 radical (unpaired) electrons. The van der Waals surface area contributed by atoms with E-state index >= 15 is 0 Å². The van der Waals surface area contributed by atoms with Crippen LogP contribution >= 0.6 is 0 Å². The highest BCUT2D eigenvalue weighted by Crippen LogP contribution is 2.37. The third kappa shape index (κ3) is 2.40. The number of aromatic nitrogens is 2. The molecule has 2 aromatic rings. The standard InChI is InChI=1S/C16H18N4O2/c1-21-16-12(3-2-4-14(16)18)13-10-19-20(15(13)9-17)11-5-7-22-8-6-11/h2-4,10-11H,5-8,18H2,1H3. The Labute approximate surface area is 129 Å². The van der Waals surface area contributed by atoms with E-state index in [1.807, 2.05) is 12.1 Å². The summed E-state index contributed by atoms with van der Waals surface area (Å²) in [5.41, 5.74) is 8.58. The Balaban J connectivity index is 2.08. The fourth-order valence-electron chi connectivity index (χ4n) is 2.87. The van der Waals surface area contributed by atoms with E-state index in [0.29, 0.717) is 30.3 Å². The number of hydrogen-bond donors (Lipinski definition) is 1. The van der Waals surface area contributed by atoms with Crippen molar-refractivity contribution in [3.8, 4) is 22.9 Å². The van der Waals surface area contributed by atoms with Gasteiger partial charge in [0, 0.05) is 24.3 Å². The molecule has 0 aliphatic carbocycles. The third-order valence-electron chi connectivity index (χ3n) is 3.98.